The Kier molecular flexibility index (Phi) is 3.72. The van der Waals surface area contributed by atoms with E-state index in [0.29, 0.717) is 5.69 Å². The van der Waals surface area contributed by atoms with Gasteiger partial charge in [-0.15, -0.1) is 0 Å². The summed E-state index contributed by atoms with van der Waals surface area (Å²) >= 11 is 3.33. The van der Waals surface area contributed by atoms with Crippen LogP contribution < -0.4 is 4.72 Å². The number of nitrogens with zero attached hydrogens (tertiary/aromatic N) is 2. The summed E-state index contributed by atoms with van der Waals surface area (Å²) in [5, 5.41) is 4.71. The van der Waals surface area contributed by atoms with Crippen molar-refractivity contribution in [2.75, 3.05) is 4.72 Å². The third-order valence-corrected chi connectivity index (χ3v) is 4.51. The fraction of sp³-hybridized carbons (Fsp3) is 0.182. The molecule has 96 valence electrons. The molecule has 1 heterocycles. The van der Waals surface area contributed by atoms with E-state index in [2.05, 4.69) is 25.8 Å². The molecule has 0 aliphatic heterocycles. The van der Waals surface area contributed by atoms with Gasteiger partial charge in [-0.05, 0) is 23.8 Å². The molecule has 1 N–H and O–H groups in total. The minimum Gasteiger partial charge on any atom is -0.278 e. The van der Waals surface area contributed by atoms with Gasteiger partial charge in [0.05, 0.1) is 6.20 Å². The molecule has 2 aromatic rings. The summed E-state index contributed by atoms with van der Waals surface area (Å²) in [4.78, 5) is 0. The topological polar surface area (TPSA) is 64.0 Å². The zero-order chi connectivity index (χ0) is 13.2. The van der Waals surface area contributed by atoms with Crippen molar-refractivity contribution in [3.63, 3.8) is 0 Å². The summed E-state index contributed by atoms with van der Waals surface area (Å²) in [5.41, 5.74) is 1.61. The summed E-state index contributed by atoms with van der Waals surface area (Å²) in [5.74, 6) is 0. The molecule has 0 bridgehead atoms. The number of halogens is 1. The number of hydrogen-bond donors (Lipinski definition) is 1. The molecule has 18 heavy (non-hydrogen) atoms. The third kappa shape index (κ3) is 2.73. The minimum absolute atomic E-state index is 0.132. The second-order valence-electron chi connectivity index (χ2n) is 3.73. The molecule has 2 rings (SSSR count). The number of anilines is 1. The first kappa shape index (κ1) is 13.1. The van der Waals surface area contributed by atoms with Gasteiger partial charge >= 0.3 is 0 Å². The van der Waals surface area contributed by atoms with Gasteiger partial charge < -0.3 is 0 Å². The van der Waals surface area contributed by atoms with Crippen LogP contribution in [0.2, 0.25) is 0 Å². The van der Waals surface area contributed by atoms with Crippen LogP contribution in [0.25, 0.3) is 0 Å². The zero-order valence-corrected chi connectivity index (χ0v) is 12.1. The van der Waals surface area contributed by atoms with Gasteiger partial charge in [0.2, 0.25) is 0 Å². The van der Waals surface area contributed by atoms with Crippen molar-refractivity contribution >= 4 is 31.6 Å². The Labute approximate surface area is 114 Å². The van der Waals surface area contributed by atoms with E-state index in [1.54, 1.807) is 19.2 Å². The maximum absolute atomic E-state index is 12.1. The van der Waals surface area contributed by atoms with E-state index < -0.39 is 10.0 Å². The molecule has 0 unspecified atom stereocenters. The monoisotopic (exact) mass is 329 g/mol. The Morgan fingerprint density at radius 1 is 1.28 bits per heavy atom. The van der Waals surface area contributed by atoms with Crippen LogP contribution in [0.5, 0.6) is 0 Å². The van der Waals surface area contributed by atoms with Crippen molar-refractivity contribution in [1.29, 1.82) is 0 Å². The first-order valence-electron chi connectivity index (χ1n) is 5.18. The fourth-order valence-corrected chi connectivity index (χ4v) is 3.05. The Morgan fingerprint density at radius 2 is 1.94 bits per heavy atom. The summed E-state index contributed by atoms with van der Waals surface area (Å²) < 4.78 is 27.9. The lowest BCUT2D eigenvalue weighted by atomic mass is 10.2. The number of alkyl halides is 1. The third-order valence-electron chi connectivity index (χ3n) is 2.41. The Balaban J connectivity index is 2.25. The molecule has 5 nitrogen and oxygen atoms in total. The van der Waals surface area contributed by atoms with E-state index in [4.69, 9.17) is 0 Å². The normalized spacial score (nSPS) is 11.4. The molecule has 0 radical (unpaired) electrons. The highest BCUT2D eigenvalue weighted by Gasteiger charge is 2.17. The smallest absolute Gasteiger partial charge is 0.278 e. The van der Waals surface area contributed by atoms with Crippen LogP contribution in [0.3, 0.4) is 0 Å². The lowest BCUT2D eigenvalue weighted by Crippen LogP contribution is -2.16. The fourth-order valence-electron chi connectivity index (χ4n) is 1.49. The molecule has 0 spiro atoms. The van der Waals surface area contributed by atoms with Crippen molar-refractivity contribution in [2.24, 2.45) is 7.05 Å². The van der Waals surface area contributed by atoms with Crippen LogP contribution in [-0.4, -0.2) is 18.2 Å². The SMILES string of the molecule is Cn1nccc1S(=O)(=O)Nc1ccc(CBr)cc1. The molecule has 0 aliphatic carbocycles. The second-order valence-corrected chi connectivity index (χ2v) is 5.92. The average Bonchev–Trinajstić information content (AvgIpc) is 2.77. The van der Waals surface area contributed by atoms with E-state index in [1.165, 1.54) is 16.9 Å². The van der Waals surface area contributed by atoms with Gasteiger partial charge in [0, 0.05) is 18.1 Å². The van der Waals surface area contributed by atoms with Crippen LogP contribution in [0, 0.1) is 0 Å². The van der Waals surface area contributed by atoms with Gasteiger partial charge in [0.15, 0.2) is 5.03 Å². The molecule has 1 aromatic heterocycles. The maximum Gasteiger partial charge on any atom is 0.279 e. The van der Waals surface area contributed by atoms with Crippen LogP contribution in [0.1, 0.15) is 5.56 Å². The number of rotatable bonds is 4. The van der Waals surface area contributed by atoms with Crippen molar-refractivity contribution in [3.05, 3.63) is 42.1 Å². The summed E-state index contributed by atoms with van der Waals surface area (Å²) in [6.45, 7) is 0. The van der Waals surface area contributed by atoms with Gasteiger partial charge in [-0.3, -0.25) is 9.40 Å². The summed E-state index contributed by atoms with van der Waals surface area (Å²) in [6.07, 6.45) is 1.45. The highest BCUT2D eigenvalue weighted by molar-refractivity contribution is 9.08. The average molecular weight is 330 g/mol. The second kappa shape index (κ2) is 5.11. The molecule has 0 saturated carbocycles. The number of sulfonamides is 1. The van der Waals surface area contributed by atoms with Crippen LogP contribution in [-0.2, 0) is 22.4 Å². The van der Waals surface area contributed by atoms with Gasteiger partial charge in [0.1, 0.15) is 0 Å². The summed E-state index contributed by atoms with van der Waals surface area (Å²) in [7, 11) is -2.00. The predicted molar refractivity (Wildman–Crippen MR) is 73.1 cm³/mol. The lowest BCUT2D eigenvalue weighted by Gasteiger charge is -2.08. The molecular weight excluding hydrogens is 318 g/mol. The number of benzene rings is 1. The van der Waals surface area contributed by atoms with E-state index >= 15 is 0 Å². The molecule has 0 atom stereocenters. The highest BCUT2D eigenvalue weighted by atomic mass is 79.9. The maximum atomic E-state index is 12.1. The van der Waals surface area contributed by atoms with Crippen molar-refractivity contribution in [1.82, 2.24) is 9.78 Å². The zero-order valence-electron chi connectivity index (χ0n) is 9.67. The van der Waals surface area contributed by atoms with E-state index in [1.807, 2.05) is 12.1 Å². The Bertz CT molecular complexity index is 635. The van der Waals surface area contributed by atoms with Gasteiger partial charge in [-0.1, -0.05) is 28.1 Å². The summed E-state index contributed by atoms with van der Waals surface area (Å²) in [6, 6.07) is 8.62. The van der Waals surface area contributed by atoms with Gasteiger partial charge in [-0.25, -0.2) is 0 Å². The first-order chi connectivity index (χ1) is 8.53. The minimum atomic E-state index is -3.58. The highest BCUT2D eigenvalue weighted by Crippen LogP contribution is 2.16. The van der Waals surface area contributed by atoms with Crippen molar-refractivity contribution < 1.29 is 8.42 Å². The molecular formula is C11H12BrN3O2S. The Hall–Kier alpha value is -1.34. The number of hydrogen-bond acceptors (Lipinski definition) is 3. The van der Waals surface area contributed by atoms with Gasteiger partial charge in [0.25, 0.3) is 10.0 Å². The van der Waals surface area contributed by atoms with Crippen molar-refractivity contribution in [3.8, 4) is 0 Å². The Morgan fingerprint density at radius 3 is 2.44 bits per heavy atom. The molecule has 0 fully saturated rings. The predicted octanol–water partition coefficient (Wildman–Crippen LogP) is 2.12. The van der Waals surface area contributed by atoms with E-state index in [-0.39, 0.29) is 5.03 Å². The molecule has 0 aliphatic rings. The lowest BCUT2D eigenvalue weighted by molar-refractivity contribution is 0.582. The van der Waals surface area contributed by atoms with E-state index in [0.717, 1.165) is 10.9 Å². The largest absolute Gasteiger partial charge is 0.279 e. The first-order valence-corrected chi connectivity index (χ1v) is 7.79. The standard InChI is InChI=1S/C11H12BrN3O2S/c1-15-11(6-7-13-15)18(16,17)14-10-4-2-9(8-12)3-5-10/h2-7,14H,8H2,1H3. The van der Waals surface area contributed by atoms with Crippen LogP contribution >= 0.6 is 15.9 Å². The van der Waals surface area contributed by atoms with Crippen LogP contribution in [0.15, 0.2) is 41.6 Å². The van der Waals surface area contributed by atoms with Gasteiger partial charge in [-0.2, -0.15) is 13.5 Å². The number of aromatic nitrogens is 2. The molecule has 1 aromatic carbocycles. The van der Waals surface area contributed by atoms with E-state index in [9.17, 15) is 8.42 Å². The number of aryl methyl sites for hydroxylation is 1. The van der Waals surface area contributed by atoms with Crippen molar-refractivity contribution in [2.45, 2.75) is 10.4 Å². The molecule has 7 heteroatoms. The molecule has 0 amide bonds. The molecule has 0 saturated heterocycles. The van der Waals surface area contributed by atoms with Crippen LogP contribution in [0.4, 0.5) is 5.69 Å². The number of nitrogens with one attached hydrogen (secondary N) is 1. The quantitative estimate of drug-likeness (QED) is 0.874.